The highest BCUT2D eigenvalue weighted by Crippen LogP contribution is 2.86. The van der Waals surface area contributed by atoms with Crippen molar-refractivity contribution in [3.05, 3.63) is 0 Å². The van der Waals surface area contributed by atoms with Gasteiger partial charge in [0.15, 0.2) is 0 Å². The van der Waals surface area contributed by atoms with Crippen LogP contribution in [-0.4, -0.2) is 4.55 Å². The summed E-state index contributed by atoms with van der Waals surface area (Å²) in [7, 11) is -8.67. The molecule has 0 saturated carbocycles. The van der Waals surface area contributed by atoms with Crippen LogP contribution in [0.3, 0.4) is 0 Å². The van der Waals surface area contributed by atoms with Crippen molar-refractivity contribution in [2.24, 2.45) is 5.14 Å². The molecule has 0 aromatic carbocycles. The van der Waals surface area contributed by atoms with Gasteiger partial charge in [-0.15, -0.1) is 0 Å². The summed E-state index contributed by atoms with van der Waals surface area (Å²) in [6.07, 6.45) is 0. The summed E-state index contributed by atoms with van der Waals surface area (Å²) in [5.74, 6) is 0. The van der Waals surface area contributed by atoms with Crippen molar-refractivity contribution in [2.45, 2.75) is 0 Å². The second-order valence-corrected chi connectivity index (χ2v) is 3.53. The minimum atomic E-state index is -8.67. The lowest BCUT2D eigenvalue weighted by molar-refractivity contribution is -0.0568. The van der Waals surface area contributed by atoms with Crippen molar-refractivity contribution in [1.82, 2.24) is 0 Å². The number of halogens is 4. The van der Waals surface area contributed by atoms with Crippen molar-refractivity contribution in [3.63, 3.8) is 0 Å². The van der Waals surface area contributed by atoms with Crippen LogP contribution in [0.15, 0.2) is 0 Å². The molecule has 3 N–H and O–H groups in total. The highest BCUT2D eigenvalue weighted by molar-refractivity contribution is 8.43. The van der Waals surface area contributed by atoms with Gasteiger partial charge >= 0.3 is 0 Å². The molecule has 0 aliphatic rings. The molecule has 0 bridgehead atoms. The molecule has 0 amide bonds. The van der Waals surface area contributed by atoms with E-state index in [1.54, 1.807) is 0 Å². The Labute approximate surface area is 41.6 Å². The maximum atomic E-state index is 11.0. The second-order valence-electron chi connectivity index (χ2n) is 1.18. The Kier molecular flexibility index (Phi) is 0.961. The van der Waals surface area contributed by atoms with Crippen molar-refractivity contribution in [2.75, 3.05) is 0 Å². The SMILES string of the molecule is NS(O)(F)(F)(F)OF. The molecule has 0 spiro atoms. The molecule has 0 unspecified atom stereocenters. The number of hydrogen-bond donors (Lipinski definition) is 2. The van der Waals surface area contributed by atoms with Gasteiger partial charge in [-0.25, -0.2) is 4.55 Å². The summed E-state index contributed by atoms with van der Waals surface area (Å²) in [5.41, 5.74) is 0. The third-order valence-corrected chi connectivity index (χ3v) is 0.408. The zero-order valence-corrected chi connectivity index (χ0v) is 4.17. The summed E-state index contributed by atoms with van der Waals surface area (Å²) < 4.78 is 51.7. The highest BCUT2D eigenvalue weighted by Gasteiger charge is 2.49. The van der Waals surface area contributed by atoms with Crippen LogP contribution in [0.4, 0.5) is 16.2 Å². The molecule has 0 aliphatic carbocycles. The van der Waals surface area contributed by atoms with Crippen molar-refractivity contribution >= 4 is 10.2 Å². The predicted molar refractivity (Wildman–Crippen MR) is 19.9 cm³/mol. The van der Waals surface area contributed by atoms with Gasteiger partial charge in [0.2, 0.25) is 0 Å². The van der Waals surface area contributed by atoms with E-state index in [0.717, 1.165) is 0 Å². The van der Waals surface area contributed by atoms with Gasteiger partial charge < -0.3 is 0 Å². The minimum absolute atomic E-state index is 1.26. The van der Waals surface area contributed by atoms with E-state index in [0.29, 0.717) is 0 Å². The van der Waals surface area contributed by atoms with Gasteiger partial charge in [-0.2, -0.15) is 5.14 Å². The van der Waals surface area contributed by atoms with Gasteiger partial charge in [0.1, 0.15) is 0 Å². The molecule has 0 atom stereocenters. The zero-order chi connectivity index (χ0) is 7.12. The summed E-state index contributed by atoms with van der Waals surface area (Å²) in [4.78, 5) is 0. The van der Waals surface area contributed by atoms with Gasteiger partial charge in [-0.3, -0.25) is 0 Å². The summed E-state index contributed by atoms with van der Waals surface area (Å²) >= 11 is 0. The van der Waals surface area contributed by atoms with E-state index in [2.05, 4.69) is 5.14 Å². The largest absolute Gasteiger partial charge is 0.245 e. The Morgan fingerprint density at radius 1 is 1.38 bits per heavy atom. The van der Waals surface area contributed by atoms with Gasteiger partial charge in [0.05, 0.1) is 10.2 Å². The lowest BCUT2D eigenvalue weighted by Gasteiger charge is -2.49. The zero-order valence-electron chi connectivity index (χ0n) is 3.35. The number of hydrogen-bond acceptors (Lipinski definition) is 3. The average Bonchev–Trinajstić information content (AvgIpc) is 1.30. The molecule has 8 heavy (non-hydrogen) atoms. The maximum Gasteiger partial charge on any atom is 0.0999 e. The molecule has 54 valence electrons. The summed E-state index contributed by atoms with van der Waals surface area (Å²) in [5, 5.41) is 3.10. The molecule has 0 aliphatic heterocycles. The molecular formula is H3F4NO2S. The first-order valence-electron chi connectivity index (χ1n) is 1.20. The monoisotopic (exact) mass is 157 g/mol. The summed E-state index contributed by atoms with van der Waals surface area (Å²) in [6, 6.07) is 0. The molecule has 0 saturated heterocycles. The number of nitrogens with two attached hydrogens (primary N) is 1. The van der Waals surface area contributed by atoms with E-state index in [1.165, 1.54) is 4.39 Å². The summed E-state index contributed by atoms with van der Waals surface area (Å²) in [6.45, 7) is 0. The fourth-order valence-corrected chi connectivity index (χ4v) is 0. The molecular weight excluding hydrogens is 154 g/mol. The van der Waals surface area contributed by atoms with Gasteiger partial charge in [0.25, 0.3) is 0 Å². The minimum Gasteiger partial charge on any atom is -0.245 e. The Morgan fingerprint density at radius 2 is 1.50 bits per heavy atom. The molecule has 0 rings (SSSR count). The van der Waals surface area contributed by atoms with Gasteiger partial charge in [0, 0.05) is 0 Å². The molecule has 3 nitrogen and oxygen atoms in total. The van der Waals surface area contributed by atoms with Gasteiger partial charge in [-0.1, -0.05) is 11.7 Å². The molecule has 0 fully saturated rings. The van der Waals surface area contributed by atoms with Crippen LogP contribution in [0, 0.1) is 0 Å². The van der Waals surface area contributed by atoms with Crippen molar-refractivity contribution < 1.29 is 25.1 Å². The first-order chi connectivity index (χ1) is 3.04. The lowest BCUT2D eigenvalue weighted by Crippen LogP contribution is -2.29. The first-order valence-corrected chi connectivity index (χ1v) is 3.30. The predicted octanol–water partition coefficient (Wildman–Crippen LogP) is 1.68. The number of rotatable bonds is 1. The fourth-order valence-electron chi connectivity index (χ4n) is 0. The third-order valence-electron chi connectivity index (χ3n) is 0.136. The lowest BCUT2D eigenvalue weighted by atomic mass is 13.9. The maximum absolute atomic E-state index is 11.0. The van der Waals surface area contributed by atoms with E-state index in [-0.39, 0.29) is 0 Å². The molecule has 0 heterocycles. The van der Waals surface area contributed by atoms with E-state index >= 15 is 0 Å². The Bertz CT molecular complexity index is 97.2. The van der Waals surface area contributed by atoms with E-state index < -0.39 is 10.2 Å². The average molecular weight is 157 g/mol. The van der Waals surface area contributed by atoms with Crippen LogP contribution in [0.1, 0.15) is 0 Å². The van der Waals surface area contributed by atoms with Crippen molar-refractivity contribution in [1.29, 1.82) is 0 Å². The van der Waals surface area contributed by atoms with Crippen molar-refractivity contribution in [3.8, 4) is 0 Å². The van der Waals surface area contributed by atoms with Gasteiger partial charge in [-0.05, 0) is 8.91 Å². The fraction of sp³-hybridized carbons (Fsp3) is 0. The van der Waals surface area contributed by atoms with Crippen LogP contribution in [0.2, 0.25) is 0 Å². The Balaban J connectivity index is 4.50. The van der Waals surface area contributed by atoms with Crippen LogP contribution in [-0.2, 0) is 4.39 Å². The third kappa shape index (κ3) is 5.95. The molecule has 0 aromatic rings. The molecule has 8 heteroatoms. The quantitative estimate of drug-likeness (QED) is 0.569. The standard InChI is InChI=1S/F4H3NO2S/c1-7-8(2,3,4,5)6/h6H,5H2. The molecule has 0 radical (unpaired) electrons. The van der Waals surface area contributed by atoms with Crippen LogP contribution >= 0.6 is 10.2 Å². The van der Waals surface area contributed by atoms with E-state index in [1.807, 2.05) is 0 Å². The molecule has 0 aromatic heterocycles. The van der Waals surface area contributed by atoms with Crippen LogP contribution in [0.25, 0.3) is 0 Å². The highest BCUT2D eigenvalue weighted by atomic mass is 32.5. The van der Waals surface area contributed by atoms with E-state index in [4.69, 9.17) is 4.55 Å². The van der Waals surface area contributed by atoms with E-state index in [9.17, 15) is 16.2 Å². The van der Waals surface area contributed by atoms with Crippen LogP contribution in [0.5, 0.6) is 0 Å². The Hall–Kier alpha value is -0.0500. The normalized spacial score (nSPS) is 21.8. The smallest absolute Gasteiger partial charge is 0.0999 e. The Morgan fingerprint density at radius 3 is 1.50 bits per heavy atom. The first kappa shape index (κ1) is 7.95. The topological polar surface area (TPSA) is 55.5 Å². The van der Waals surface area contributed by atoms with Crippen LogP contribution < -0.4 is 5.14 Å². The second kappa shape index (κ2) is 0.967.